The summed E-state index contributed by atoms with van der Waals surface area (Å²) in [6.45, 7) is 0. The summed E-state index contributed by atoms with van der Waals surface area (Å²) in [6.07, 6.45) is 0. The number of aromatic hydroxyl groups is 3. The van der Waals surface area contributed by atoms with Crippen LogP contribution in [0.2, 0.25) is 0 Å². The van der Waals surface area contributed by atoms with Crippen molar-refractivity contribution in [3.8, 4) is 17.2 Å². The van der Waals surface area contributed by atoms with Crippen molar-refractivity contribution >= 4 is 5.97 Å². The van der Waals surface area contributed by atoms with Crippen LogP contribution in [0.1, 0.15) is 27.0 Å². The first-order valence-corrected chi connectivity index (χ1v) is 7.66. The molecule has 0 fully saturated rings. The van der Waals surface area contributed by atoms with E-state index in [4.69, 9.17) is 4.74 Å². The summed E-state index contributed by atoms with van der Waals surface area (Å²) in [4.78, 5) is 12.5. The maximum absolute atomic E-state index is 12.5. The molecule has 0 saturated heterocycles. The lowest BCUT2D eigenvalue weighted by molar-refractivity contribution is 0.0251. The van der Waals surface area contributed by atoms with Crippen molar-refractivity contribution in [2.45, 2.75) is 5.60 Å². The Morgan fingerprint density at radius 1 is 0.680 bits per heavy atom. The highest BCUT2D eigenvalue weighted by atomic mass is 16.6. The van der Waals surface area contributed by atoms with Gasteiger partial charge in [0.1, 0.15) is 17.2 Å². The van der Waals surface area contributed by atoms with E-state index in [1.54, 1.807) is 30.3 Å². The van der Waals surface area contributed by atoms with Crippen LogP contribution in [0.4, 0.5) is 0 Å². The first-order chi connectivity index (χ1) is 12.0. The van der Waals surface area contributed by atoms with Crippen molar-refractivity contribution in [2.24, 2.45) is 0 Å². The molecular formula is C20H14O5. The molecule has 0 saturated carbocycles. The molecule has 0 aliphatic carbocycles. The first kappa shape index (κ1) is 15.1. The van der Waals surface area contributed by atoms with Crippen molar-refractivity contribution in [1.29, 1.82) is 0 Å². The summed E-state index contributed by atoms with van der Waals surface area (Å²) >= 11 is 0. The van der Waals surface area contributed by atoms with Gasteiger partial charge in [-0.05, 0) is 42.5 Å². The number of fused-ring (bicyclic) bond motifs is 1. The van der Waals surface area contributed by atoms with Crippen LogP contribution in [0.5, 0.6) is 17.2 Å². The van der Waals surface area contributed by atoms with Crippen LogP contribution in [0.15, 0.2) is 66.7 Å². The number of phenols is 3. The Kier molecular flexibility index (Phi) is 3.18. The van der Waals surface area contributed by atoms with E-state index in [9.17, 15) is 20.1 Å². The predicted molar refractivity (Wildman–Crippen MR) is 89.6 cm³/mol. The average molecular weight is 334 g/mol. The number of benzene rings is 3. The number of hydrogen-bond acceptors (Lipinski definition) is 5. The summed E-state index contributed by atoms with van der Waals surface area (Å²) in [5.74, 6) is -0.380. The highest BCUT2D eigenvalue weighted by Gasteiger charge is 2.48. The third-order valence-corrected chi connectivity index (χ3v) is 4.40. The summed E-state index contributed by atoms with van der Waals surface area (Å²) in [5.41, 5.74) is 0.942. The Morgan fingerprint density at radius 2 is 1.16 bits per heavy atom. The van der Waals surface area contributed by atoms with E-state index in [1.165, 1.54) is 36.4 Å². The molecule has 4 rings (SSSR count). The molecule has 0 amide bonds. The molecule has 1 aliphatic rings. The van der Waals surface area contributed by atoms with E-state index >= 15 is 0 Å². The van der Waals surface area contributed by atoms with Gasteiger partial charge in [0.15, 0.2) is 5.60 Å². The van der Waals surface area contributed by atoms with Crippen molar-refractivity contribution < 1.29 is 24.9 Å². The van der Waals surface area contributed by atoms with E-state index in [-0.39, 0.29) is 22.8 Å². The minimum Gasteiger partial charge on any atom is -0.508 e. The Balaban J connectivity index is 2.03. The minimum atomic E-state index is -1.22. The lowest BCUT2D eigenvalue weighted by Gasteiger charge is -2.30. The predicted octanol–water partition coefficient (Wildman–Crippen LogP) is 3.27. The molecule has 3 N–H and O–H groups in total. The molecule has 5 nitrogen and oxygen atoms in total. The molecule has 0 atom stereocenters. The average Bonchev–Trinajstić information content (AvgIpc) is 2.89. The Bertz CT molecular complexity index is 913. The van der Waals surface area contributed by atoms with E-state index < -0.39 is 11.6 Å². The first-order valence-electron chi connectivity index (χ1n) is 7.66. The normalized spacial score (nSPS) is 14.8. The van der Waals surface area contributed by atoms with E-state index in [0.717, 1.165) is 0 Å². The lowest BCUT2D eigenvalue weighted by Crippen LogP contribution is -2.29. The van der Waals surface area contributed by atoms with Crippen molar-refractivity contribution in [3.63, 3.8) is 0 Å². The maximum Gasteiger partial charge on any atom is 0.340 e. The molecule has 0 aromatic heterocycles. The number of phenolic OH excluding ortho intramolecular Hbond substituents is 3. The van der Waals surface area contributed by atoms with Gasteiger partial charge in [-0.1, -0.05) is 24.3 Å². The molecule has 0 spiro atoms. The summed E-state index contributed by atoms with van der Waals surface area (Å²) in [7, 11) is 0. The van der Waals surface area contributed by atoms with Crippen molar-refractivity contribution in [2.75, 3.05) is 0 Å². The second kappa shape index (κ2) is 5.27. The fraction of sp³-hybridized carbons (Fsp3) is 0.0500. The number of cyclic esters (lactones) is 1. The third-order valence-electron chi connectivity index (χ3n) is 4.40. The molecule has 0 bridgehead atoms. The van der Waals surface area contributed by atoms with Gasteiger partial charge in [0.2, 0.25) is 0 Å². The zero-order chi connectivity index (χ0) is 17.6. The number of esters is 1. The maximum atomic E-state index is 12.5. The van der Waals surface area contributed by atoms with E-state index in [1.807, 2.05) is 0 Å². The second-order valence-corrected chi connectivity index (χ2v) is 5.89. The zero-order valence-corrected chi connectivity index (χ0v) is 13.0. The molecule has 0 radical (unpaired) electrons. The van der Waals surface area contributed by atoms with Crippen LogP contribution >= 0.6 is 0 Å². The summed E-state index contributed by atoms with van der Waals surface area (Å²) < 4.78 is 5.81. The smallest absolute Gasteiger partial charge is 0.340 e. The van der Waals surface area contributed by atoms with Gasteiger partial charge in [0, 0.05) is 16.7 Å². The molecule has 3 aromatic rings. The fourth-order valence-corrected chi connectivity index (χ4v) is 3.24. The van der Waals surface area contributed by atoms with Gasteiger partial charge in [-0.2, -0.15) is 0 Å². The van der Waals surface area contributed by atoms with Gasteiger partial charge >= 0.3 is 5.97 Å². The molecule has 25 heavy (non-hydrogen) atoms. The number of hydrogen-bond donors (Lipinski definition) is 3. The van der Waals surface area contributed by atoms with Gasteiger partial charge < -0.3 is 20.1 Å². The van der Waals surface area contributed by atoms with Crippen LogP contribution in [0, 0.1) is 0 Å². The largest absolute Gasteiger partial charge is 0.508 e. The van der Waals surface area contributed by atoms with Gasteiger partial charge in [-0.25, -0.2) is 4.79 Å². The van der Waals surface area contributed by atoms with Crippen LogP contribution in [-0.4, -0.2) is 21.3 Å². The van der Waals surface area contributed by atoms with Gasteiger partial charge in [0.25, 0.3) is 0 Å². The van der Waals surface area contributed by atoms with E-state index in [2.05, 4.69) is 0 Å². The van der Waals surface area contributed by atoms with Crippen molar-refractivity contribution in [1.82, 2.24) is 0 Å². The molecule has 1 heterocycles. The standard InChI is InChI=1S/C20H14O5/c21-14-5-1-12(2-6-14)20(13-3-7-15(22)8-4-13)18-10-9-16(23)11-17(18)19(24)25-20/h1-11,21-23H. The van der Waals surface area contributed by atoms with Crippen molar-refractivity contribution in [3.05, 3.63) is 89.0 Å². The Morgan fingerprint density at radius 3 is 1.68 bits per heavy atom. The van der Waals surface area contributed by atoms with Gasteiger partial charge in [0.05, 0.1) is 5.56 Å². The van der Waals surface area contributed by atoms with Crippen LogP contribution in [-0.2, 0) is 10.3 Å². The Labute approximate surface area is 143 Å². The molecule has 5 heteroatoms. The molecule has 1 aliphatic heterocycles. The topological polar surface area (TPSA) is 87.0 Å². The number of ether oxygens (including phenoxy) is 1. The zero-order valence-electron chi connectivity index (χ0n) is 13.0. The third kappa shape index (κ3) is 2.21. The highest BCUT2D eigenvalue weighted by molar-refractivity contribution is 5.96. The van der Waals surface area contributed by atoms with Gasteiger partial charge in [-0.3, -0.25) is 0 Å². The number of carbonyl (C=O) groups is 1. The monoisotopic (exact) mass is 334 g/mol. The highest BCUT2D eigenvalue weighted by Crippen LogP contribution is 2.48. The Hall–Kier alpha value is -3.47. The molecule has 3 aromatic carbocycles. The van der Waals surface area contributed by atoms with Crippen LogP contribution in [0.25, 0.3) is 0 Å². The summed E-state index contributed by atoms with van der Waals surface area (Å²) in [5, 5.41) is 28.9. The number of carbonyl (C=O) groups excluding carboxylic acids is 1. The SMILES string of the molecule is O=C1OC(c2ccc(O)cc2)(c2ccc(O)cc2)c2ccc(O)cc21. The number of rotatable bonds is 2. The molecule has 0 unspecified atom stereocenters. The molecular weight excluding hydrogens is 320 g/mol. The minimum absolute atomic E-state index is 0.0251. The fourth-order valence-electron chi connectivity index (χ4n) is 3.24. The quantitative estimate of drug-likeness (QED) is 0.626. The van der Waals surface area contributed by atoms with E-state index in [0.29, 0.717) is 16.7 Å². The second-order valence-electron chi connectivity index (χ2n) is 5.89. The van der Waals surface area contributed by atoms with Crippen LogP contribution in [0.3, 0.4) is 0 Å². The van der Waals surface area contributed by atoms with Gasteiger partial charge in [-0.15, -0.1) is 0 Å². The van der Waals surface area contributed by atoms with Crippen LogP contribution < -0.4 is 0 Å². The molecule has 124 valence electrons. The summed E-state index contributed by atoms with van der Waals surface area (Å²) in [6, 6.07) is 17.3. The lowest BCUT2D eigenvalue weighted by atomic mass is 9.80.